The van der Waals surface area contributed by atoms with Gasteiger partial charge in [0, 0.05) is 0 Å². The Morgan fingerprint density at radius 1 is 0.696 bits per heavy atom. The Bertz CT molecular complexity index is 400. The summed E-state index contributed by atoms with van der Waals surface area (Å²) in [5.74, 6) is -1.66. The minimum absolute atomic E-state index is 0.169. The minimum Gasteiger partial charge on any atom is -0.393 e. The molecule has 8 N–H and O–H groups in total. The van der Waals surface area contributed by atoms with Gasteiger partial charge in [-0.25, -0.2) is 4.79 Å². The van der Waals surface area contributed by atoms with E-state index in [1.807, 2.05) is 0 Å². The summed E-state index contributed by atoms with van der Waals surface area (Å²) in [6.45, 7) is -0.364. The van der Waals surface area contributed by atoms with E-state index in [1.54, 1.807) is 0 Å². The number of aliphatic hydroxyl groups is 8. The van der Waals surface area contributed by atoms with Crippen molar-refractivity contribution in [1.29, 1.82) is 0 Å². The third-order valence-electron chi connectivity index (χ3n) is 2.97. The van der Waals surface area contributed by atoms with Crippen LogP contribution in [-0.4, -0.2) is 108 Å². The molecule has 8 unspecified atom stereocenters. The molecule has 0 aliphatic rings. The van der Waals surface area contributed by atoms with Crippen LogP contribution in [0.5, 0.6) is 0 Å². The fourth-order valence-corrected chi connectivity index (χ4v) is 1.53. The molecule has 0 spiro atoms. The number of aldehydes is 1. The lowest BCUT2D eigenvalue weighted by molar-refractivity contribution is -0.186. The summed E-state index contributed by atoms with van der Waals surface area (Å²) < 4.78 is 3.70. The molecule has 0 saturated heterocycles. The molecular formula is C11H18O12. The van der Waals surface area contributed by atoms with Gasteiger partial charge in [-0.15, -0.1) is 0 Å². The molecule has 0 amide bonds. The van der Waals surface area contributed by atoms with Crippen LogP contribution in [0.2, 0.25) is 0 Å². The second-order valence-electron chi connectivity index (χ2n) is 4.55. The number of rotatable bonds is 10. The van der Waals surface area contributed by atoms with Crippen molar-refractivity contribution >= 4 is 18.7 Å². The standard InChI is InChI=1S/C11H18O12/c12-1-3(14)4(15)5(16)6(17)7(18)8(19)9(20)10(21)11(22)23-2-13/h1-10,14-21H. The Kier molecular flexibility index (Phi) is 8.96. The molecule has 0 aliphatic carbocycles. The largest absolute Gasteiger partial charge is 0.393 e. The van der Waals surface area contributed by atoms with Crippen molar-refractivity contribution in [3.05, 3.63) is 0 Å². The maximum absolute atomic E-state index is 11.0. The van der Waals surface area contributed by atoms with E-state index in [9.17, 15) is 50.1 Å². The van der Waals surface area contributed by atoms with E-state index in [0.717, 1.165) is 0 Å². The Morgan fingerprint density at radius 3 is 1.48 bits per heavy atom. The lowest BCUT2D eigenvalue weighted by atomic mass is 9.93. The number of carbonyl (C=O) groups is 3. The SMILES string of the molecule is O=COC(=O)C(O)C(O)C(O)C(O)C(O)C(O)C(O)C(O)C=O. The fourth-order valence-electron chi connectivity index (χ4n) is 1.53. The molecule has 0 aromatic heterocycles. The number of esters is 1. The molecule has 0 fully saturated rings. The lowest BCUT2D eigenvalue weighted by Gasteiger charge is -2.32. The Labute approximate surface area is 128 Å². The Morgan fingerprint density at radius 2 is 1.09 bits per heavy atom. The van der Waals surface area contributed by atoms with E-state index >= 15 is 0 Å². The summed E-state index contributed by atoms with van der Waals surface area (Å²) in [5.41, 5.74) is 0. The van der Waals surface area contributed by atoms with Crippen LogP contribution in [-0.2, 0) is 19.1 Å². The van der Waals surface area contributed by atoms with Crippen molar-refractivity contribution < 1.29 is 60.0 Å². The van der Waals surface area contributed by atoms with Crippen LogP contribution in [0.25, 0.3) is 0 Å². The van der Waals surface area contributed by atoms with Gasteiger partial charge in [-0.2, -0.15) is 0 Å². The number of hydrogen-bond acceptors (Lipinski definition) is 12. The van der Waals surface area contributed by atoms with Gasteiger partial charge >= 0.3 is 12.4 Å². The normalized spacial score (nSPS) is 21.9. The average molecular weight is 342 g/mol. The van der Waals surface area contributed by atoms with E-state index in [-0.39, 0.29) is 12.8 Å². The Balaban J connectivity index is 4.91. The smallest absolute Gasteiger partial charge is 0.345 e. The first kappa shape index (κ1) is 21.5. The average Bonchev–Trinajstić information content (AvgIpc) is 2.56. The summed E-state index contributed by atoms with van der Waals surface area (Å²) in [4.78, 5) is 31.1. The number of hydrogen-bond donors (Lipinski definition) is 8. The van der Waals surface area contributed by atoms with Crippen molar-refractivity contribution in [3.63, 3.8) is 0 Å². The summed E-state index contributed by atoms with van der Waals surface area (Å²) in [6.07, 6.45) is -19.0. The van der Waals surface area contributed by atoms with Crippen LogP contribution in [0.1, 0.15) is 0 Å². The van der Waals surface area contributed by atoms with Gasteiger partial charge in [-0.05, 0) is 0 Å². The maximum atomic E-state index is 11.0. The molecule has 0 bridgehead atoms. The highest BCUT2D eigenvalue weighted by Gasteiger charge is 2.42. The van der Waals surface area contributed by atoms with Crippen LogP contribution in [0.15, 0.2) is 0 Å². The van der Waals surface area contributed by atoms with E-state index in [2.05, 4.69) is 4.74 Å². The van der Waals surface area contributed by atoms with Gasteiger partial charge < -0.3 is 50.4 Å². The van der Waals surface area contributed by atoms with Gasteiger partial charge in [-0.1, -0.05) is 0 Å². The van der Waals surface area contributed by atoms with Gasteiger partial charge in [-0.3, -0.25) is 4.79 Å². The predicted octanol–water partition coefficient (Wildman–Crippen LogP) is -6.23. The van der Waals surface area contributed by atoms with Crippen molar-refractivity contribution in [2.75, 3.05) is 0 Å². The number of carbonyl (C=O) groups excluding carboxylic acids is 3. The van der Waals surface area contributed by atoms with Crippen LogP contribution >= 0.6 is 0 Å². The third-order valence-corrected chi connectivity index (χ3v) is 2.97. The molecule has 0 heterocycles. The van der Waals surface area contributed by atoms with E-state index < -0.39 is 54.8 Å². The topological polar surface area (TPSA) is 222 Å². The quantitative estimate of drug-likeness (QED) is 0.105. The maximum Gasteiger partial charge on any atom is 0.345 e. The highest BCUT2D eigenvalue weighted by atomic mass is 16.6. The van der Waals surface area contributed by atoms with Gasteiger partial charge in [0.2, 0.25) is 0 Å². The summed E-state index contributed by atoms with van der Waals surface area (Å²) in [6, 6.07) is 0. The molecule has 0 aromatic rings. The zero-order chi connectivity index (χ0) is 18.3. The summed E-state index contributed by atoms with van der Waals surface area (Å²) in [5, 5.41) is 75.0. The lowest BCUT2D eigenvalue weighted by Crippen LogP contribution is -2.57. The third kappa shape index (κ3) is 5.56. The Hall–Kier alpha value is -1.51. The monoisotopic (exact) mass is 342 g/mol. The molecule has 0 aliphatic heterocycles. The van der Waals surface area contributed by atoms with Crippen molar-refractivity contribution in [3.8, 4) is 0 Å². The second kappa shape index (κ2) is 9.59. The van der Waals surface area contributed by atoms with Crippen molar-refractivity contribution in [1.82, 2.24) is 0 Å². The first-order chi connectivity index (χ1) is 10.6. The van der Waals surface area contributed by atoms with Gasteiger partial charge in [0.05, 0.1) is 0 Å². The van der Waals surface area contributed by atoms with E-state index in [4.69, 9.17) is 5.11 Å². The zero-order valence-electron chi connectivity index (χ0n) is 11.5. The molecular weight excluding hydrogens is 324 g/mol. The van der Waals surface area contributed by atoms with Gasteiger partial charge in [0.25, 0.3) is 0 Å². The number of aliphatic hydroxyl groups excluding tert-OH is 8. The molecule has 8 atom stereocenters. The molecule has 12 heteroatoms. The second-order valence-corrected chi connectivity index (χ2v) is 4.55. The first-order valence-electron chi connectivity index (χ1n) is 6.14. The predicted molar refractivity (Wildman–Crippen MR) is 66.3 cm³/mol. The molecule has 12 nitrogen and oxygen atoms in total. The molecule has 0 rings (SSSR count). The van der Waals surface area contributed by atoms with Crippen molar-refractivity contribution in [2.45, 2.75) is 48.8 Å². The van der Waals surface area contributed by atoms with Crippen molar-refractivity contribution in [2.24, 2.45) is 0 Å². The summed E-state index contributed by atoms with van der Waals surface area (Å²) >= 11 is 0. The van der Waals surface area contributed by atoms with Crippen LogP contribution in [0, 0.1) is 0 Å². The van der Waals surface area contributed by atoms with Crippen LogP contribution in [0.4, 0.5) is 0 Å². The fraction of sp³-hybridized carbons (Fsp3) is 0.727. The van der Waals surface area contributed by atoms with E-state index in [1.165, 1.54) is 0 Å². The molecule has 0 saturated carbocycles. The van der Waals surface area contributed by atoms with Crippen LogP contribution < -0.4 is 0 Å². The van der Waals surface area contributed by atoms with Crippen LogP contribution in [0.3, 0.4) is 0 Å². The molecule has 0 radical (unpaired) electrons. The summed E-state index contributed by atoms with van der Waals surface area (Å²) in [7, 11) is 0. The number of ether oxygens (including phenoxy) is 1. The highest BCUT2D eigenvalue weighted by molar-refractivity contribution is 5.80. The van der Waals surface area contributed by atoms with Gasteiger partial charge in [0.15, 0.2) is 12.4 Å². The minimum atomic E-state index is -2.47. The molecule has 134 valence electrons. The van der Waals surface area contributed by atoms with E-state index in [0.29, 0.717) is 0 Å². The molecule has 23 heavy (non-hydrogen) atoms. The highest BCUT2D eigenvalue weighted by Crippen LogP contribution is 2.14. The zero-order valence-corrected chi connectivity index (χ0v) is 11.5. The first-order valence-corrected chi connectivity index (χ1v) is 6.14. The molecule has 0 aromatic carbocycles. The van der Waals surface area contributed by atoms with Gasteiger partial charge in [0.1, 0.15) is 42.7 Å².